The molecule has 0 aliphatic rings. The van der Waals surface area contributed by atoms with Gasteiger partial charge in [-0.2, -0.15) is 0 Å². The van der Waals surface area contributed by atoms with Crippen LogP contribution in [0.3, 0.4) is 0 Å². The first-order valence-electron chi connectivity index (χ1n) is 5.00. The number of amides is 1. The van der Waals surface area contributed by atoms with Crippen molar-refractivity contribution in [3.05, 3.63) is 37.0 Å². The molecule has 0 saturated carbocycles. The highest BCUT2D eigenvalue weighted by atomic mass is 16.5. The molecule has 0 bridgehead atoms. The molecular weight excluding hydrogens is 190 g/mol. The van der Waals surface area contributed by atoms with Crippen molar-refractivity contribution in [1.82, 2.24) is 0 Å². The molecule has 15 heavy (non-hydrogen) atoms. The fraction of sp³-hybridized carbons (Fsp3) is 0.417. The van der Waals surface area contributed by atoms with Crippen molar-refractivity contribution < 1.29 is 9.53 Å². The van der Waals surface area contributed by atoms with Crippen LogP contribution in [0.4, 0.5) is 0 Å². The summed E-state index contributed by atoms with van der Waals surface area (Å²) < 4.78 is 5.38. The summed E-state index contributed by atoms with van der Waals surface area (Å²) in [6.07, 6.45) is 7.36. The molecule has 0 aromatic carbocycles. The van der Waals surface area contributed by atoms with E-state index in [1.165, 1.54) is 0 Å². The molecular formula is C12H19NO2. The molecule has 0 aromatic heterocycles. The second kappa shape index (κ2) is 9.21. The van der Waals surface area contributed by atoms with Crippen LogP contribution in [0.2, 0.25) is 0 Å². The zero-order valence-electron chi connectivity index (χ0n) is 9.08. The van der Waals surface area contributed by atoms with Gasteiger partial charge in [0.2, 0.25) is 5.91 Å². The maximum Gasteiger partial charge on any atom is 0.217 e. The average molecular weight is 209 g/mol. The molecule has 0 radical (unpaired) electrons. The van der Waals surface area contributed by atoms with E-state index in [9.17, 15) is 4.79 Å². The Morgan fingerprint density at radius 3 is 2.60 bits per heavy atom. The highest BCUT2D eigenvalue weighted by molar-refractivity contribution is 5.73. The molecule has 84 valence electrons. The molecule has 0 fully saturated rings. The minimum Gasteiger partial charge on any atom is -0.377 e. The third-order valence-corrected chi connectivity index (χ3v) is 1.82. The number of primary amides is 1. The lowest BCUT2D eigenvalue weighted by molar-refractivity contribution is -0.118. The zero-order valence-corrected chi connectivity index (χ0v) is 9.08. The lowest BCUT2D eigenvalue weighted by atomic mass is 10.2. The molecule has 3 heteroatoms. The molecule has 1 amide bonds. The van der Waals surface area contributed by atoms with Gasteiger partial charge in [-0.3, -0.25) is 4.79 Å². The van der Waals surface area contributed by atoms with Gasteiger partial charge in [-0.15, -0.1) is 0 Å². The van der Waals surface area contributed by atoms with E-state index in [2.05, 4.69) is 13.2 Å². The van der Waals surface area contributed by atoms with E-state index in [-0.39, 0.29) is 5.91 Å². The minimum atomic E-state index is -0.256. The van der Waals surface area contributed by atoms with Crippen LogP contribution >= 0.6 is 0 Å². The van der Waals surface area contributed by atoms with Crippen LogP contribution in [0.25, 0.3) is 0 Å². The number of rotatable bonds is 9. The van der Waals surface area contributed by atoms with Crippen molar-refractivity contribution in [3.8, 4) is 0 Å². The number of hydrogen-bond acceptors (Lipinski definition) is 2. The molecule has 0 aliphatic heterocycles. The third kappa shape index (κ3) is 8.97. The Labute approximate surface area is 91.3 Å². The van der Waals surface area contributed by atoms with Crippen molar-refractivity contribution >= 4 is 5.91 Å². The van der Waals surface area contributed by atoms with Gasteiger partial charge in [0.05, 0.1) is 6.61 Å². The van der Waals surface area contributed by atoms with Crippen LogP contribution in [0.5, 0.6) is 0 Å². The standard InChI is InChI=1S/C12H19NO2/c1-3-7-11(4-2)10-15-9-6-5-8-12(13)14/h3-4,7H,1-2,5-6,8-10H2,(H2,13,14)/b11-7+. The molecule has 0 rings (SSSR count). The molecule has 0 heterocycles. The molecule has 0 aliphatic carbocycles. The topological polar surface area (TPSA) is 52.3 Å². The van der Waals surface area contributed by atoms with Gasteiger partial charge < -0.3 is 10.5 Å². The minimum absolute atomic E-state index is 0.256. The zero-order chi connectivity index (χ0) is 11.5. The Morgan fingerprint density at radius 2 is 2.07 bits per heavy atom. The van der Waals surface area contributed by atoms with E-state index in [0.717, 1.165) is 18.4 Å². The number of unbranched alkanes of at least 4 members (excludes halogenated alkanes) is 1. The summed E-state index contributed by atoms with van der Waals surface area (Å²) in [5, 5.41) is 0. The van der Waals surface area contributed by atoms with E-state index in [4.69, 9.17) is 10.5 Å². The fourth-order valence-corrected chi connectivity index (χ4v) is 1.02. The van der Waals surface area contributed by atoms with E-state index in [1.807, 2.05) is 6.08 Å². The summed E-state index contributed by atoms with van der Waals surface area (Å²) in [6, 6.07) is 0. The second-order valence-corrected chi connectivity index (χ2v) is 3.16. The van der Waals surface area contributed by atoms with Crippen LogP contribution in [0, 0.1) is 0 Å². The van der Waals surface area contributed by atoms with Crippen LogP contribution in [-0.2, 0) is 9.53 Å². The summed E-state index contributed by atoms with van der Waals surface area (Å²) in [6.45, 7) is 8.42. The Kier molecular flexibility index (Phi) is 8.39. The summed E-state index contributed by atoms with van der Waals surface area (Å²) in [7, 11) is 0. The number of hydrogen-bond donors (Lipinski definition) is 1. The Bertz CT molecular complexity index is 244. The number of carbonyl (C=O) groups excluding carboxylic acids is 1. The van der Waals surface area contributed by atoms with Crippen LogP contribution < -0.4 is 5.73 Å². The smallest absolute Gasteiger partial charge is 0.217 e. The third-order valence-electron chi connectivity index (χ3n) is 1.82. The quantitative estimate of drug-likeness (QED) is 0.466. The summed E-state index contributed by atoms with van der Waals surface area (Å²) >= 11 is 0. The van der Waals surface area contributed by atoms with Crippen molar-refractivity contribution in [2.75, 3.05) is 13.2 Å². The summed E-state index contributed by atoms with van der Waals surface area (Å²) in [4.78, 5) is 10.4. The molecule has 0 spiro atoms. The van der Waals surface area contributed by atoms with E-state index in [1.54, 1.807) is 12.2 Å². The largest absolute Gasteiger partial charge is 0.377 e. The van der Waals surface area contributed by atoms with Crippen molar-refractivity contribution in [1.29, 1.82) is 0 Å². The lowest BCUT2D eigenvalue weighted by Gasteiger charge is -2.03. The van der Waals surface area contributed by atoms with Gasteiger partial charge in [0, 0.05) is 13.0 Å². The Morgan fingerprint density at radius 1 is 1.33 bits per heavy atom. The summed E-state index contributed by atoms with van der Waals surface area (Å²) in [5.74, 6) is -0.256. The van der Waals surface area contributed by atoms with Gasteiger partial charge in [0.1, 0.15) is 0 Å². The lowest BCUT2D eigenvalue weighted by Crippen LogP contribution is -2.10. The normalized spacial score (nSPS) is 11.1. The van der Waals surface area contributed by atoms with Gasteiger partial charge in [0.25, 0.3) is 0 Å². The van der Waals surface area contributed by atoms with E-state index >= 15 is 0 Å². The van der Waals surface area contributed by atoms with Crippen LogP contribution in [0.15, 0.2) is 37.0 Å². The van der Waals surface area contributed by atoms with Gasteiger partial charge in [-0.1, -0.05) is 31.4 Å². The monoisotopic (exact) mass is 209 g/mol. The molecule has 0 saturated heterocycles. The van der Waals surface area contributed by atoms with E-state index < -0.39 is 0 Å². The molecule has 3 nitrogen and oxygen atoms in total. The van der Waals surface area contributed by atoms with E-state index in [0.29, 0.717) is 19.6 Å². The maximum absolute atomic E-state index is 10.4. The number of allylic oxidation sites excluding steroid dienone is 2. The van der Waals surface area contributed by atoms with Crippen molar-refractivity contribution in [2.45, 2.75) is 19.3 Å². The first kappa shape index (κ1) is 13.7. The fourth-order valence-electron chi connectivity index (χ4n) is 1.02. The van der Waals surface area contributed by atoms with Gasteiger partial charge in [-0.25, -0.2) is 0 Å². The SMILES string of the molecule is C=C/C=C(\C=C)COCCCCC(N)=O. The molecule has 0 unspecified atom stereocenters. The molecule has 2 N–H and O–H groups in total. The molecule has 0 aromatic rings. The maximum atomic E-state index is 10.4. The number of ether oxygens (including phenoxy) is 1. The first-order chi connectivity index (χ1) is 7.20. The predicted molar refractivity (Wildman–Crippen MR) is 62.3 cm³/mol. The van der Waals surface area contributed by atoms with Crippen LogP contribution in [0.1, 0.15) is 19.3 Å². The van der Waals surface area contributed by atoms with Crippen molar-refractivity contribution in [2.24, 2.45) is 5.73 Å². The first-order valence-corrected chi connectivity index (χ1v) is 5.00. The van der Waals surface area contributed by atoms with Gasteiger partial charge in [0.15, 0.2) is 0 Å². The Balaban J connectivity index is 3.45. The Hall–Kier alpha value is -1.35. The number of carbonyl (C=O) groups is 1. The highest BCUT2D eigenvalue weighted by Gasteiger charge is 1.95. The number of nitrogens with two attached hydrogens (primary N) is 1. The van der Waals surface area contributed by atoms with Gasteiger partial charge >= 0.3 is 0 Å². The second-order valence-electron chi connectivity index (χ2n) is 3.16. The average Bonchev–Trinajstić information content (AvgIpc) is 2.21. The van der Waals surface area contributed by atoms with Gasteiger partial charge in [-0.05, 0) is 18.4 Å². The predicted octanol–water partition coefficient (Wildman–Crippen LogP) is 1.96. The van der Waals surface area contributed by atoms with Crippen LogP contribution in [-0.4, -0.2) is 19.1 Å². The van der Waals surface area contributed by atoms with Crippen molar-refractivity contribution in [3.63, 3.8) is 0 Å². The summed E-state index contributed by atoms with van der Waals surface area (Å²) in [5.41, 5.74) is 6.00. The molecule has 0 atom stereocenters. The highest BCUT2D eigenvalue weighted by Crippen LogP contribution is 2.00.